The third-order valence-electron chi connectivity index (χ3n) is 7.50. The summed E-state index contributed by atoms with van der Waals surface area (Å²) in [6.45, 7) is 2.23. The van der Waals surface area contributed by atoms with Gasteiger partial charge in [0.05, 0.1) is 0 Å². The molecular weight excluding hydrogens is 542 g/mol. The first-order valence-electron chi connectivity index (χ1n) is 15.0. The Balaban J connectivity index is 1.21. The van der Waals surface area contributed by atoms with Gasteiger partial charge in [0.25, 0.3) is 5.56 Å². The molecule has 1 aliphatic rings. The van der Waals surface area contributed by atoms with Crippen molar-refractivity contribution in [3.63, 3.8) is 0 Å². The number of H-pyrrole nitrogens is 1. The summed E-state index contributed by atoms with van der Waals surface area (Å²) in [4.78, 5) is 42.2. The molecule has 11 heteroatoms. The lowest BCUT2D eigenvalue weighted by Crippen LogP contribution is -2.37. The Morgan fingerprint density at radius 1 is 0.929 bits per heavy atom. The molecule has 1 fully saturated rings. The Labute approximate surface area is 244 Å². The molecule has 3 aromatic rings. The fraction of sp³-hybridized carbons (Fsp3) is 0.548. The number of esters is 1. The number of nitrogens with zero attached hydrogens (tertiary/aromatic N) is 2. The molecule has 0 spiro atoms. The zero-order valence-corrected chi connectivity index (χ0v) is 24.1. The molecule has 0 unspecified atom stereocenters. The average Bonchev–Trinajstić information content (AvgIpc) is 3.57. The number of unbranched alkanes of at least 4 members (excludes halogenated alkanes) is 10. The summed E-state index contributed by atoms with van der Waals surface area (Å²) < 4.78 is 17.7. The van der Waals surface area contributed by atoms with Gasteiger partial charge in [0.1, 0.15) is 29.9 Å². The number of oxazole rings is 1. The zero-order valence-electron chi connectivity index (χ0n) is 24.1. The zero-order chi connectivity index (χ0) is 29.9. The van der Waals surface area contributed by atoms with Gasteiger partial charge in [0, 0.05) is 24.2 Å². The number of carbonyl (C=O) groups excluding carboxylic acids is 1. The van der Waals surface area contributed by atoms with Crippen LogP contribution >= 0.6 is 0 Å². The molecule has 11 nitrogen and oxygen atoms in total. The quantitative estimate of drug-likeness (QED) is 0.122. The summed E-state index contributed by atoms with van der Waals surface area (Å²) >= 11 is 0. The number of aromatic nitrogens is 3. The van der Waals surface area contributed by atoms with E-state index in [2.05, 4.69) is 16.9 Å². The van der Waals surface area contributed by atoms with Crippen molar-refractivity contribution in [2.75, 3.05) is 0 Å². The van der Waals surface area contributed by atoms with Crippen LogP contribution in [0.1, 0.15) is 102 Å². The fourth-order valence-corrected chi connectivity index (χ4v) is 5.08. The van der Waals surface area contributed by atoms with Crippen molar-refractivity contribution in [1.82, 2.24) is 14.5 Å². The normalized spacial score (nSPS) is 20.2. The maximum absolute atomic E-state index is 12.3. The number of hydrogen-bond donors (Lipinski definition) is 3. The number of carbonyl (C=O) groups is 1. The Morgan fingerprint density at radius 3 is 2.21 bits per heavy atom. The first-order chi connectivity index (χ1) is 20.4. The summed E-state index contributed by atoms with van der Waals surface area (Å²) in [6, 6.07) is 7.92. The number of aromatic amines is 1. The molecule has 0 bridgehead atoms. The number of rotatable bonds is 16. The van der Waals surface area contributed by atoms with E-state index in [9.17, 15) is 24.6 Å². The first-order valence-corrected chi connectivity index (χ1v) is 15.0. The summed E-state index contributed by atoms with van der Waals surface area (Å²) in [7, 11) is 0. The van der Waals surface area contributed by atoms with Gasteiger partial charge in [-0.2, -0.15) is 0 Å². The molecule has 1 aromatic carbocycles. The number of ether oxygens (including phenoxy) is 2. The minimum atomic E-state index is -1.46. The lowest BCUT2D eigenvalue weighted by Gasteiger charge is -2.16. The second kappa shape index (κ2) is 15.6. The molecule has 0 aliphatic carbocycles. The van der Waals surface area contributed by atoms with Crippen molar-refractivity contribution in [2.45, 2.75) is 109 Å². The Hall–Kier alpha value is -3.54. The fourth-order valence-electron chi connectivity index (χ4n) is 5.08. The van der Waals surface area contributed by atoms with Crippen molar-refractivity contribution >= 4 is 5.97 Å². The molecule has 4 atom stereocenters. The monoisotopic (exact) mass is 583 g/mol. The summed E-state index contributed by atoms with van der Waals surface area (Å²) in [5.41, 5.74) is -0.259. The minimum absolute atomic E-state index is 0.0130. The molecule has 0 radical (unpaired) electrons. The molecule has 0 saturated carbocycles. The van der Waals surface area contributed by atoms with Crippen LogP contribution in [0.5, 0.6) is 5.75 Å². The highest BCUT2D eigenvalue weighted by atomic mass is 16.6. The molecule has 1 saturated heterocycles. The van der Waals surface area contributed by atoms with Crippen LogP contribution in [-0.4, -0.2) is 42.9 Å². The van der Waals surface area contributed by atoms with Gasteiger partial charge in [-0.1, -0.05) is 71.1 Å². The first kappa shape index (κ1) is 31.4. The molecule has 3 heterocycles. The molecular formula is C31H41N3O8. The van der Waals surface area contributed by atoms with Crippen LogP contribution in [0, 0.1) is 0 Å². The topological polar surface area (TPSA) is 157 Å². The van der Waals surface area contributed by atoms with E-state index in [0.717, 1.165) is 29.9 Å². The standard InChI is InChI=1S/C31H41N3O8/c1-2-3-4-5-6-7-8-9-10-11-12-13-25(36)41-22-16-14-21(15-17-22)23-20-40-29(32-23)28-26(37)27(38)30(42-28)34-19-18-24(35)33-31(34)39/h14-20,26-28,30,37-38H,2-13H2,1H3,(H,33,35,39)/t26-,27+,28-,30+/m0/s1. The molecule has 42 heavy (non-hydrogen) atoms. The SMILES string of the molecule is CCCCCCCCCCCCCC(=O)Oc1ccc(-c2coc([C@H]3O[C@@H](n4ccc(=O)[nH]c4=O)[C@H](O)[C@@H]3O)n2)cc1. The van der Waals surface area contributed by atoms with Gasteiger partial charge in [-0.05, 0) is 30.7 Å². The van der Waals surface area contributed by atoms with Crippen molar-refractivity contribution in [3.8, 4) is 17.0 Å². The Kier molecular flexibility index (Phi) is 11.7. The van der Waals surface area contributed by atoms with Gasteiger partial charge in [-0.25, -0.2) is 9.78 Å². The van der Waals surface area contributed by atoms with Crippen molar-refractivity contribution in [1.29, 1.82) is 0 Å². The van der Waals surface area contributed by atoms with Gasteiger partial charge in [0.15, 0.2) is 12.3 Å². The highest BCUT2D eigenvalue weighted by molar-refractivity contribution is 5.72. The van der Waals surface area contributed by atoms with Crippen LogP contribution < -0.4 is 16.0 Å². The van der Waals surface area contributed by atoms with E-state index >= 15 is 0 Å². The molecule has 0 amide bonds. The van der Waals surface area contributed by atoms with Crippen LogP contribution in [0.15, 0.2) is 56.8 Å². The summed E-state index contributed by atoms with van der Waals surface area (Å²) in [5, 5.41) is 21.0. The highest BCUT2D eigenvalue weighted by Gasteiger charge is 2.47. The van der Waals surface area contributed by atoms with Gasteiger partial charge >= 0.3 is 11.7 Å². The highest BCUT2D eigenvalue weighted by Crippen LogP contribution is 2.38. The molecule has 1 aliphatic heterocycles. The van der Waals surface area contributed by atoms with Crippen molar-refractivity contribution in [2.24, 2.45) is 0 Å². The maximum Gasteiger partial charge on any atom is 0.330 e. The predicted octanol–water partition coefficient (Wildman–Crippen LogP) is 4.79. The summed E-state index contributed by atoms with van der Waals surface area (Å²) in [6.07, 6.45) is 11.1. The number of hydrogen-bond acceptors (Lipinski definition) is 9. The Morgan fingerprint density at radius 2 is 1.57 bits per heavy atom. The van der Waals surface area contributed by atoms with E-state index in [-0.39, 0.29) is 11.9 Å². The number of benzene rings is 1. The van der Waals surface area contributed by atoms with E-state index in [1.54, 1.807) is 24.3 Å². The second-order valence-electron chi connectivity index (χ2n) is 10.8. The van der Waals surface area contributed by atoms with Gasteiger partial charge in [0.2, 0.25) is 5.89 Å². The maximum atomic E-state index is 12.3. The largest absolute Gasteiger partial charge is 0.445 e. The van der Waals surface area contributed by atoms with Crippen LogP contribution in [0.3, 0.4) is 0 Å². The molecule has 2 aromatic heterocycles. The van der Waals surface area contributed by atoms with E-state index in [0.29, 0.717) is 23.4 Å². The number of nitrogens with one attached hydrogen (secondary N) is 1. The second-order valence-corrected chi connectivity index (χ2v) is 10.8. The van der Waals surface area contributed by atoms with Gasteiger partial charge in [-0.15, -0.1) is 0 Å². The van der Waals surface area contributed by atoms with Crippen LogP contribution in [-0.2, 0) is 9.53 Å². The third kappa shape index (κ3) is 8.50. The van der Waals surface area contributed by atoms with Crippen molar-refractivity contribution < 1.29 is 28.9 Å². The van der Waals surface area contributed by atoms with E-state index < -0.39 is 35.8 Å². The molecule has 228 valence electrons. The van der Waals surface area contributed by atoms with Crippen LogP contribution in [0.4, 0.5) is 0 Å². The minimum Gasteiger partial charge on any atom is -0.445 e. The third-order valence-corrected chi connectivity index (χ3v) is 7.50. The summed E-state index contributed by atoms with van der Waals surface area (Å²) in [5.74, 6) is 0.186. The lowest BCUT2D eigenvalue weighted by atomic mass is 10.1. The lowest BCUT2D eigenvalue weighted by molar-refractivity contribution is -0.134. The van der Waals surface area contributed by atoms with E-state index in [4.69, 9.17) is 13.9 Å². The predicted molar refractivity (Wildman–Crippen MR) is 155 cm³/mol. The van der Waals surface area contributed by atoms with E-state index in [1.165, 1.54) is 63.8 Å². The van der Waals surface area contributed by atoms with Crippen molar-refractivity contribution in [3.05, 3.63) is 69.5 Å². The molecule has 3 N–H and O–H groups in total. The average molecular weight is 584 g/mol. The number of aliphatic hydroxyl groups excluding tert-OH is 2. The van der Waals surface area contributed by atoms with Crippen LogP contribution in [0.2, 0.25) is 0 Å². The van der Waals surface area contributed by atoms with Gasteiger partial charge < -0.3 is 24.1 Å². The molecule has 4 rings (SSSR count). The number of aliphatic hydroxyl groups is 2. The van der Waals surface area contributed by atoms with E-state index in [1.807, 2.05) is 0 Å². The van der Waals surface area contributed by atoms with Crippen LogP contribution in [0.25, 0.3) is 11.3 Å². The Bertz CT molecular complexity index is 1380. The van der Waals surface area contributed by atoms with Gasteiger partial charge in [-0.3, -0.25) is 19.1 Å². The smallest absolute Gasteiger partial charge is 0.330 e.